The second kappa shape index (κ2) is 4.59. The Kier molecular flexibility index (Phi) is 3.62. The van der Waals surface area contributed by atoms with Gasteiger partial charge < -0.3 is 14.6 Å². The van der Waals surface area contributed by atoms with Gasteiger partial charge in [-0.3, -0.25) is 9.59 Å². The molecule has 0 amide bonds. The second-order valence-electron chi connectivity index (χ2n) is 3.48. The van der Waals surface area contributed by atoms with Gasteiger partial charge in [-0.2, -0.15) is 0 Å². The summed E-state index contributed by atoms with van der Waals surface area (Å²) in [7, 11) is 2.66. The van der Waals surface area contributed by atoms with Gasteiger partial charge >= 0.3 is 0 Å². The number of methoxy groups -OCH3 is 2. The number of aldehydes is 1. The Morgan fingerprint density at radius 1 is 1.56 bits per heavy atom. The topological polar surface area (TPSA) is 72.8 Å². The molecule has 0 unspecified atom stereocenters. The Bertz CT molecular complexity index is 369. The maximum Gasteiger partial charge on any atom is 0.209 e. The predicted molar refractivity (Wildman–Crippen MR) is 55.7 cm³/mol. The summed E-state index contributed by atoms with van der Waals surface area (Å²) in [4.78, 5) is 22.2. The van der Waals surface area contributed by atoms with E-state index in [0.29, 0.717) is 11.9 Å². The van der Waals surface area contributed by atoms with Crippen LogP contribution in [0.15, 0.2) is 23.5 Å². The number of carbonyl (C=O) groups excluding carboxylic acids is 2. The van der Waals surface area contributed by atoms with Gasteiger partial charge in [-0.1, -0.05) is 0 Å². The molecule has 88 valence electrons. The number of ketones is 1. The standard InChI is InChI=1S/C11H14O5/c1-7(13)11(14)9(15-2)4-8(6-12)5-10(11)16-3/h4-6,9,14H,1-3H3/t9-,11-/m1/s1. The first kappa shape index (κ1) is 12.6. The fourth-order valence-corrected chi connectivity index (χ4v) is 1.65. The van der Waals surface area contributed by atoms with Crippen LogP contribution in [0.1, 0.15) is 6.92 Å². The average Bonchev–Trinajstić information content (AvgIpc) is 2.28. The van der Waals surface area contributed by atoms with Gasteiger partial charge in [0.1, 0.15) is 18.1 Å². The first-order valence-corrected chi connectivity index (χ1v) is 4.70. The Labute approximate surface area is 93.3 Å². The van der Waals surface area contributed by atoms with Gasteiger partial charge in [0, 0.05) is 12.7 Å². The van der Waals surface area contributed by atoms with E-state index in [4.69, 9.17) is 9.47 Å². The van der Waals surface area contributed by atoms with Crippen LogP contribution in [-0.4, -0.2) is 43.1 Å². The van der Waals surface area contributed by atoms with Crippen molar-refractivity contribution in [3.05, 3.63) is 23.5 Å². The van der Waals surface area contributed by atoms with Crippen LogP contribution in [-0.2, 0) is 19.1 Å². The van der Waals surface area contributed by atoms with E-state index < -0.39 is 17.5 Å². The van der Waals surface area contributed by atoms with Crippen LogP contribution < -0.4 is 0 Å². The van der Waals surface area contributed by atoms with Crippen LogP contribution in [0.4, 0.5) is 0 Å². The fraction of sp³-hybridized carbons (Fsp3) is 0.455. The molecular formula is C11H14O5. The van der Waals surface area contributed by atoms with Crippen molar-refractivity contribution in [3.63, 3.8) is 0 Å². The number of hydrogen-bond donors (Lipinski definition) is 1. The maximum atomic E-state index is 11.5. The molecule has 0 saturated carbocycles. The van der Waals surface area contributed by atoms with Crippen molar-refractivity contribution in [1.82, 2.24) is 0 Å². The number of Topliss-reactive ketones (excluding diaryl/α,β-unsaturated/α-hetero) is 1. The van der Waals surface area contributed by atoms with Crippen molar-refractivity contribution in [1.29, 1.82) is 0 Å². The molecule has 5 nitrogen and oxygen atoms in total. The Balaban J connectivity index is 3.28. The number of rotatable bonds is 4. The van der Waals surface area contributed by atoms with Crippen molar-refractivity contribution in [2.75, 3.05) is 14.2 Å². The van der Waals surface area contributed by atoms with Gasteiger partial charge in [0.15, 0.2) is 5.78 Å². The van der Waals surface area contributed by atoms with Crippen LogP contribution in [0.3, 0.4) is 0 Å². The second-order valence-corrected chi connectivity index (χ2v) is 3.48. The van der Waals surface area contributed by atoms with Gasteiger partial charge in [-0.25, -0.2) is 0 Å². The highest BCUT2D eigenvalue weighted by molar-refractivity contribution is 5.91. The molecule has 5 heteroatoms. The first-order valence-electron chi connectivity index (χ1n) is 4.70. The third kappa shape index (κ3) is 1.79. The number of aliphatic hydroxyl groups is 1. The van der Waals surface area contributed by atoms with Crippen LogP contribution in [0.2, 0.25) is 0 Å². The normalized spacial score (nSPS) is 29.1. The highest BCUT2D eigenvalue weighted by Crippen LogP contribution is 2.31. The Morgan fingerprint density at radius 3 is 2.56 bits per heavy atom. The monoisotopic (exact) mass is 226 g/mol. The predicted octanol–water partition coefficient (Wildman–Crippen LogP) is -0.00930. The molecule has 0 aliphatic heterocycles. The van der Waals surface area contributed by atoms with Crippen molar-refractivity contribution >= 4 is 12.1 Å². The van der Waals surface area contributed by atoms with E-state index in [1.165, 1.54) is 33.3 Å². The van der Waals surface area contributed by atoms with E-state index in [1.807, 2.05) is 0 Å². The highest BCUT2D eigenvalue weighted by atomic mass is 16.5. The lowest BCUT2D eigenvalue weighted by Gasteiger charge is -2.34. The molecule has 0 radical (unpaired) electrons. The van der Waals surface area contributed by atoms with Gasteiger partial charge in [-0.05, 0) is 19.1 Å². The fourth-order valence-electron chi connectivity index (χ4n) is 1.65. The number of allylic oxidation sites excluding steroid dienone is 2. The van der Waals surface area contributed by atoms with Gasteiger partial charge in [0.2, 0.25) is 5.60 Å². The molecule has 2 atom stereocenters. The number of ether oxygens (including phenoxy) is 2. The van der Waals surface area contributed by atoms with E-state index >= 15 is 0 Å². The van der Waals surface area contributed by atoms with Crippen molar-refractivity contribution in [3.8, 4) is 0 Å². The average molecular weight is 226 g/mol. The third-order valence-electron chi connectivity index (χ3n) is 2.58. The largest absolute Gasteiger partial charge is 0.497 e. The van der Waals surface area contributed by atoms with E-state index in [0.717, 1.165) is 0 Å². The maximum absolute atomic E-state index is 11.5. The van der Waals surface area contributed by atoms with Crippen LogP contribution >= 0.6 is 0 Å². The summed E-state index contributed by atoms with van der Waals surface area (Å²) in [6.45, 7) is 1.23. The highest BCUT2D eigenvalue weighted by Gasteiger charge is 2.47. The molecule has 1 rings (SSSR count). The zero-order valence-corrected chi connectivity index (χ0v) is 9.39. The summed E-state index contributed by atoms with van der Waals surface area (Å²) >= 11 is 0. The molecule has 0 fully saturated rings. The zero-order valence-electron chi connectivity index (χ0n) is 9.39. The number of hydrogen-bond acceptors (Lipinski definition) is 5. The Hall–Kier alpha value is -1.46. The minimum atomic E-state index is -1.87. The summed E-state index contributed by atoms with van der Waals surface area (Å²) in [5.41, 5.74) is -1.56. The lowest BCUT2D eigenvalue weighted by atomic mass is 9.84. The third-order valence-corrected chi connectivity index (χ3v) is 2.58. The summed E-state index contributed by atoms with van der Waals surface area (Å²) in [6, 6.07) is 0. The van der Waals surface area contributed by atoms with E-state index in [1.54, 1.807) is 0 Å². The van der Waals surface area contributed by atoms with Gasteiger partial charge in [-0.15, -0.1) is 0 Å². The molecule has 0 spiro atoms. The smallest absolute Gasteiger partial charge is 0.209 e. The summed E-state index contributed by atoms with van der Waals surface area (Å²) in [6.07, 6.45) is 2.39. The number of carbonyl (C=O) groups is 2. The van der Waals surface area contributed by atoms with E-state index in [9.17, 15) is 14.7 Å². The SMILES string of the molecule is COC1=CC(C=O)=C[C@@H](OC)[C@]1(O)C(C)=O. The molecule has 0 saturated heterocycles. The molecule has 0 bridgehead atoms. The molecule has 0 aromatic heterocycles. The molecule has 16 heavy (non-hydrogen) atoms. The van der Waals surface area contributed by atoms with Crippen molar-refractivity contribution in [2.45, 2.75) is 18.6 Å². The minimum absolute atomic E-state index is 0.0106. The lowest BCUT2D eigenvalue weighted by Crippen LogP contribution is -2.52. The summed E-state index contributed by atoms with van der Waals surface area (Å²) < 4.78 is 9.95. The first-order chi connectivity index (χ1) is 7.50. The van der Waals surface area contributed by atoms with E-state index in [-0.39, 0.29) is 5.76 Å². The van der Waals surface area contributed by atoms with E-state index in [2.05, 4.69) is 0 Å². The molecule has 0 aromatic carbocycles. The quantitative estimate of drug-likeness (QED) is 0.682. The zero-order chi connectivity index (χ0) is 12.3. The molecule has 0 aromatic rings. The van der Waals surface area contributed by atoms with Crippen molar-refractivity contribution < 1.29 is 24.2 Å². The van der Waals surface area contributed by atoms with Gasteiger partial charge in [0.05, 0.1) is 7.11 Å². The van der Waals surface area contributed by atoms with Crippen LogP contribution in [0, 0.1) is 0 Å². The van der Waals surface area contributed by atoms with Crippen LogP contribution in [0.5, 0.6) is 0 Å². The molecular weight excluding hydrogens is 212 g/mol. The molecule has 1 aliphatic carbocycles. The van der Waals surface area contributed by atoms with Crippen LogP contribution in [0.25, 0.3) is 0 Å². The Morgan fingerprint density at radius 2 is 2.19 bits per heavy atom. The molecule has 1 aliphatic rings. The summed E-state index contributed by atoms with van der Waals surface area (Å²) in [5, 5.41) is 10.3. The minimum Gasteiger partial charge on any atom is -0.497 e. The summed E-state index contributed by atoms with van der Waals surface area (Å²) in [5.74, 6) is -0.495. The lowest BCUT2D eigenvalue weighted by molar-refractivity contribution is -0.146. The molecule has 1 N–H and O–H groups in total. The molecule has 0 heterocycles. The van der Waals surface area contributed by atoms with Gasteiger partial charge in [0.25, 0.3) is 0 Å². The van der Waals surface area contributed by atoms with Crippen molar-refractivity contribution in [2.24, 2.45) is 0 Å².